The molecule has 8 unspecified atom stereocenters. The number of hydrogen-bond acceptors (Lipinski definition) is 7. The van der Waals surface area contributed by atoms with Gasteiger partial charge < -0.3 is 34.4 Å². The summed E-state index contributed by atoms with van der Waals surface area (Å²) in [6, 6.07) is -0.186. The molecule has 10 nitrogen and oxygen atoms in total. The molecule has 9 atom stereocenters. The molecule has 4 saturated heterocycles. The summed E-state index contributed by atoms with van der Waals surface area (Å²) in [6.07, 6.45) is 7.24. The summed E-state index contributed by atoms with van der Waals surface area (Å²) in [5, 5.41) is 14.0. The van der Waals surface area contributed by atoms with Crippen molar-refractivity contribution in [2.24, 2.45) is 23.2 Å². The molecule has 7 fully saturated rings. The van der Waals surface area contributed by atoms with E-state index in [1.165, 1.54) is 0 Å². The van der Waals surface area contributed by atoms with Crippen LogP contribution in [0.3, 0.4) is 0 Å². The standard InChI is InChI=1S/C31H49FN4O6/c1-34-23-12-21(40-2)8-9-22(23)27-28(34)24(13-37)36(30(39)33-20-6-4-19(32)5-7-20)16-31(27)14-35(15-31)29(38)18-3-10-25-26(11-18)42-17-41-25/h18-28,37H,3-17H2,1-2H3,(H,33,39)/t18?,19?,20?,21?,22?,23?,24-,25?,26?,27?,28?/m0/s1. The summed E-state index contributed by atoms with van der Waals surface area (Å²) >= 11 is 0. The number of hydrogen-bond donors (Lipinski definition) is 2. The topological polar surface area (TPSA) is 104 Å². The van der Waals surface area contributed by atoms with E-state index in [2.05, 4.69) is 17.3 Å². The van der Waals surface area contributed by atoms with Crippen LogP contribution in [0.5, 0.6) is 0 Å². The lowest BCUT2D eigenvalue weighted by molar-refractivity contribution is -0.168. The van der Waals surface area contributed by atoms with Crippen LogP contribution in [-0.2, 0) is 19.0 Å². The van der Waals surface area contributed by atoms with Gasteiger partial charge in [-0.1, -0.05) is 0 Å². The monoisotopic (exact) mass is 592 g/mol. The van der Waals surface area contributed by atoms with Gasteiger partial charge in [0, 0.05) is 56.2 Å². The highest BCUT2D eigenvalue weighted by molar-refractivity contribution is 5.80. The number of urea groups is 1. The maximum absolute atomic E-state index is 13.9. The number of aliphatic hydroxyl groups excluding tert-OH is 1. The minimum Gasteiger partial charge on any atom is -0.394 e. The van der Waals surface area contributed by atoms with Crippen LogP contribution >= 0.6 is 0 Å². The fourth-order valence-corrected chi connectivity index (χ4v) is 10.3. The third-order valence-corrected chi connectivity index (χ3v) is 12.4. The van der Waals surface area contributed by atoms with E-state index >= 15 is 0 Å². The van der Waals surface area contributed by atoms with Crippen molar-refractivity contribution in [3.05, 3.63) is 0 Å². The first kappa shape index (κ1) is 29.2. The first-order valence-electron chi connectivity index (χ1n) is 16.4. The minimum atomic E-state index is -0.782. The van der Waals surface area contributed by atoms with E-state index < -0.39 is 6.17 Å². The number of methoxy groups -OCH3 is 1. The number of alkyl halides is 1. The zero-order valence-electron chi connectivity index (χ0n) is 25.2. The molecular formula is C31H49FN4O6. The lowest BCUT2D eigenvalue weighted by Gasteiger charge is -2.63. The smallest absolute Gasteiger partial charge is 0.318 e. The number of nitrogens with zero attached hydrogens (tertiary/aromatic N) is 3. The summed E-state index contributed by atoms with van der Waals surface area (Å²) < 4.78 is 31.0. The summed E-state index contributed by atoms with van der Waals surface area (Å²) in [4.78, 5) is 34.0. The van der Waals surface area contributed by atoms with E-state index in [-0.39, 0.29) is 66.3 Å². The number of amides is 3. The Labute approximate surface area is 248 Å². The maximum Gasteiger partial charge on any atom is 0.318 e. The van der Waals surface area contributed by atoms with Gasteiger partial charge in [0.25, 0.3) is 0 Å². The highest BCUT2D eigenvalue weighted by atomic mass is 19.1. The van der Waals surface area contributed by atoms with Crippen LogP contribution in [0.2, 0.25) is 0 Å². The Hall–Kier alpha value is -1.53. The number of halogens is 1. The minimum absolute atomic E-state index is 0.0124. The number of likely N-dealkylation sites (tertiary alicyclic amines) is 3. The Morgan fingerprint density at radius 2 is 1.76 bits per heavy atom. The average Bonchev–Trinajstić information content (AvgIpc) is 3.58. The molecule has 0 aromatic carbocycles. The molecular weight excluding hydrogens is 543 g/mol. The SMILES string of the molecule is COC1CCC2C(C1)N(C)C1C2C2(CN(C(=O)C3CCC4OCOC4C3)C2)CN(C(=O)NC2CCC(F)CC2)[C@H]1CO. The van der Waals surface area contributed by atoms with Crippen LogP contribution in [0.1, 0.15) is 64.2 Å². The maximum atomic E-state index is 13.9. The van der Waals surface area contributed by atoms with E-state index in [0.717, 1.165) is 32.1 Å². The molecule has 2 N–H and O–H groups in total. The lowest BCUT2D eigenvalue weighted by Crippen LogP contribution is -2.76. The molecule has 7 rings (SSSR count). The quantitative estimate of drug-likeness (QED) is 0.516. The first-order chi connectivity index (χ1) is 20.3. The van der Waals surface area contributed by atoms with E-state index in [0.29, 0.717) is 76.4 Å². The molecule has 3 saturated carbocycles. The number of ether oxygens (including phenoxy) is 3. The fraction of sp³-hybridized carbons (Fsp3) is 0.935. The number of nitrogens with one attached hydrogen (secondary N) is 1. The van der Waals surface area contributed by atoms with Crippen molar-refractivity contribution < 1.29 is 33.3 Å². The zero-order chi connectivity index (χ0) is 29.2. The van der Waals surface area contributed by atoms with Gasteiger partial charge in [-0.15, -0.1) is 0 Å². The van der Waals surface area contributed by atoms with Gasteiger partial charge in [0.15, 0.2) is 0 Å². The van der Waals surface area contributed by atoms with Crippen molar-refractivity contribution in [3.63, 3.8) is 0 Å². The predicted octanol–water partition coefficient (Wildman–Crippen LogP) is 2.14. The van der Waals surface area contributed by atoms with E-state index in [1.54, 1.807) is 7.11 Å². The molecule has 7 aliphatic rings. The molecule has 0 aromatic rings. The van der Waals surface area contributed by atoms with Crippen molar-refractivity contribution in [2.45, 2.75) is 113 Å². The molecule has 4 aliphatic heterocycles. The number of aliphatic hydroxyl groups is 1. The van der Waals surface area contributed by atoms with E-state index in [4.69, 9.17) is 14.2 Å². The molecule has 3 aliphatic carbocycles. The number of carbonyl (C=O) groups excluding carboxylic acids is 2. The van der Waals surface area contributed by atoms with Crippen LogP contribution in [0.15, 0.2) is 0 Å². The lowest BCUT2D eigenvalue weighted by atomic mass is 9.57. The van der Waals surface area contributed by atoms with Crippen molar-refractivity contribution in [1.29, 1.82) is 0 Å². The van der Waals surface area contributed by atoms with Gasteiger partial charge >= 0.3 is 6.03 Å². The van der Waals surface area contributed by atoms with Gasteiger partial charge in [-0.05, 0) is 83.1 Å². The highest BCUT2D eigenvalue weighted by Gasteiger charge is 2.67. The molecule has 0 bridgehead atoms. The Bertz CT molecular complexity index is 1020. The molecule has 42 heavy (non-hydrogen) atoms. The van der Waals surface area contributed by atoms with E-state index in [1.807, 2.05) is 9.80 Å². The van der Waals surface area contributed by atoms with Crippen LogP contribution in [0.4, 0.5) is 9.18 Å². The Morgan fingerprint density at radius 3 is 2.50 bits per heavy atom. The molecule has 4 heterocycles. The number of carbonyl (C=O) groups is 2. The van der Waals surface area contributed by atoms with Crippen LogP contribution in [-0.4, -0.2) is 128 Å². The predicted molar refractivity (Wildman–Crippen MR) is 151 cm³/mol. The average molecular weight is 593 g/mol. The van der Waals surface area contributed by atoms with Gasteiger partial charge in [-0.2, -0.15) is 0 Å². The second-order valence-corrected chi connectivity index (χ2v) is 14.5. The summed E-state index contributed by atoms with van der Waals surface area (Å²) in [5.41, 5.74) is -0.211. The van der Waals surface area contributed by atoms with Crippen LogP contribution < -0.4 is 5.32 Å². The number of piperidine rings is 1. The van der Waals surface area contributed by atoms with Gasteiger partial charge in [-0.3, -0.25) is 9.69 Å². The summed E-state index contributed by atoms with van der Waals surface area (Å²) in [6.45, 7) is 2.05. The van der Waals surface area contributed by atoms with Gasteiger partial charge in [0.1, 0.15) is 13.0 Å². The molecule has 236 valence electrons. The normalized spacial score (nSPS) is 44.7. The Balaban J connectivity index is 1.12. The molecule has 11 heteroatoms. The van der Waals surface area contributed by atoms with Crippen LogP contribution in [0.25, 0.3) is 0 Å². The molecule has 0 radical (unpaired) electrons. The van der Waals surface area contributed by atoms with Crippen LogP contribution in [0, 0.1) is 23.2 Å². The van der Waals surface area contributed by atoms with E-state index in [9.17, 15) is 19.1 Å². The molecule has 3 amide bonds. The molecule has 0 aromatic heterocycles. The van der Waals surface area contributed by atoms with Crippen molar-refractivity contribution >= 4 is 11.9 Å². The van der Waals surface area contributed by atoms with Crippen molar-refractivity contribution in [2.75, 3.05) is 47.2 Å². The number of fused-ring (bicyclic) bond motifs is 5. The zero-order valence-corrected chi connectivity index (χ0v) is 25.2. The second kappa shape index (κ2) is 11.4. The fourth-order valence-electron chi connectivity index (χ4n) is 10.3. The molecule has 1 spiro atoms. The van der Waals surface area contributed by atoms with Crippen molar-refractivity contribution in [3.8, 4) is 0 Å². The van der Waals surface area contributed by atoms with Gasteiger partial charge in [-0.25, -0.2) is 9.18 Å². The van der Waals surface area contributed by atoms with Gasteiger partial charge in [0.2, 0.25) is 5.91 Å². The summed E-state index contributed by atoms with van der Waals surface area (Å²) in [7, 11) is 3.95. The third kappa shape index (κ3) is 4.86. The first-order valence-corrected chi connectivity index (χ1v) is 16.4. The van der Waals surface area contributed by atoms with Gasteiger partial charge in [0.05, 0.1) is 31.0 Å². The highest BCUT2D eigenvalue weighted by Crippen LogP contribution is 2.58. The number of likely N-dealkylation sites (N-methyl/N-ethyl adjacent to an activating group) is 1. The Kier molecular flexibility index (Phi) is 7.95. The Morgan fingerprint density at radius 1 is 1.00 bits per heavy atom. The second-order valence-electron chi connectivity index (χ2n) is 14.5. The number of rotatable bonds is 4. The summed E-state index contributed by atoms with van der Waals surface area (Å²) in [5.74, 6) is 0.901. The third-order valence-electron chi connectivity index (χ3n) is 12.4. The van der Waals surface area contributed by atoms with Crippen molar-refractivity contribution in [1.82, 2.24) is 20.0 Å². The largest absolute Gasteiger partial charge is 0.394 e.